The van der Waals surface area contributed by atoms with Gasteiger partial charge in [0.25, 0.3) is 5.91 Å². The highest BCUT2D eigenvalue weighted by Gasteiger charge is 2.31. The van der Waals surface area contributed by atoms with Crippen LogP contribution in [0.5, 0.6) is 0 Å². The maximum Gasteiger partial charge on any atom is 0.275 e. The second kappa shape index (κ2) is 10.0. The maximum absolute atomic E-state index is 13.4. The quantitative estimate of drug-likeness (QED) is 0.755. The van der Waals surface area contributed by atoms with Crippen LogP contribution in [0.1, 0.15) is 30.4 Å². The molecule has 2 amide bonds. The molecule has 5 heteroatoms. The number of benzene rings is 2. The monoisotopic (exact) mass is 380 g/mol. The maximum atomic E-state index is 13.4. The zero-order valence-electron chi connectivity index (χ0n) is 16.6. The van der Waals surface area contributed by atoms with E-state index >= 15 is 0 Å². The highest BCUT2D eigenvalue weighted by Crippen LogP contribution is 2.26. The number of carbonyl (C=O) groups is 2. The van der Waals surface area contributed by atoms with E-state index in [1.165, 1.54) is 4.90 Å². The van der Waals surface area contributed by atoms with E-state index in [9.17, 15) is 9.59 Å². The lowest BCUT2D eigenvalue weighted by molar-refractivity contribution is -0.896. The van der Waals surface area contributed by atoms with Crippen LogP contribution in [0.25, 0.3) is 0 Å². The molecule has 1 aliphatic heterocycles. The molecule has 0 spiro atoms. The van der Waals surface area contributed by atoms with Crippen molar-refractivity contribution in [2.24, 2.45) is 0 Å². The van der Waals surface area contributed by atoms with Gasteiger partial charge >= 0.3 is 0 Å². The average molecular weight is 381 g/mol. The highest BCUT2D eigenvalue weighted by atomic mass is 16.2. The number of carbonyl (C=O) groups excluding carboxylic acids is 2. The summed E-state index contributed by atoms with van der Waals surface area (Å²) in [5.41, 5.74) is 2.04. The van der Waals surface area contributed by atoms with Gasteiger partial charge in [-0.1, -0.05) is 67.6 Å². The normalized spacial score (nSPS) is 14.9. The van der Waals surface area contributed by atoms with E-state index in [-0.39, 0.29) is 17.7 Å². The first-order chi connectivity index (χ1) is 13.7. The van der Waals surface area contributed by atoms with Gasteiger partial charge in [0.1, 0.15) is 0 Å². The van der Waals surface area contributed by atoms with E-state index in [4.69, 9.17) is 0 Å². The van der Waals surface area contributed by atoms with E-state index < -0.39 is 0 Å². The van der Waals surface area contributed by atoms with Crippen molar-refractivity contribution in [3.63, 3.8) is 0 Å². The fourth-order valence-corrected chi connectivity index (χ4v) is 3.73. The second-order valence-electron chi connectivity index (χ2n) is 7.36. The van der Waals surface area contributed by atoms with Gasteiger partial charge in [0.2, 0.25) is 5.91 Å². The molecule has 0 aliphatic carbocycles. The minimum Gasteiger partial charge on any atom is -0.351 e. The van der Waals surface area contributed by atoms with Crippen LogP contribution in [0.15, 0.2) is 60.7 Å². The predicted molar refractivity (Wildman–Crippen MR) is 110 cm³/mol. The van der Waals surface area contributed by atoms with E-state index in [1.807, 2.05) is 72.5 Å². The molecule has 1 saturated heterocycles. The number of quaternary nitrogens is 1. The Morgan fingerprint density at radius 2 is 1.50 bits per heavy atom. The molecule has 1 aliphatic rings. The van der Waals surface area contributed by atoms with Crippen LogP contribution in [0.3, 0.4) is 0 Å². The fraction of sp³-hybridized carbons (Fsp3) is 0.391. The van der Waals surface area contributed by atoms with Crippen LogP contribution < -0.4 is 10.2 Å². The lowest BCUT2D eigenvalue weighted by atomic mass is 9.90. The van der Waals surface area contributed by atoms with Crippen molar-refractivity contribution in [2.75, 3.05) is 39.3 Å². The molecule has 0 unspecified atom stereocenters. The molecule has 28 heavy (non-hydrogen) atoms. The van der Waals surface area contributed by atoms with Crippen molar-refractivity contribution < 1.29 is 14.5 Å². The van der Waals surface area contributed by atoms with Gasteiger partial charge in [0, 0.05) is 6.54 Å². The van der Waals surface area contributed by atoms with E-state index in [0.29, 0.717) is 19.6 Å². The first-order valence-electron chi connectivity index (χ1n) is 10.2. The first kappa shape index (κ1) is 20.1. The number of nitrogens with one attached hydrogen (secondary N) is 2. The molecule has 2 aromatic rings. The van der Waals surface area contributed by atoms with Gasteiger partial charge in [-0.05, 0) is 17.5 Å². The summed E-state index contributed by atoms with van der Waals surface area (Å²) in [5.74, 6) is -0.0354. The Kier molecular flexibility index (Phi) is 7.20. The van der Waals surface area contributed by atoms with E-state index in [2.05, 4.69) is 5.32 Å². The lowest BCUT2D eigenvalue weighted by Crippen LogP contribution is -3.15. The molecule has 148 valence electrons. The molecule has 2 N–H and O–H groups in total. The minimum atomic E-state index is -0.281. The van der Waals surface area contributed by atoms with Crippen molar-refractivity contribution in [3.05, 3.63) is 71.8 Å². The van der Waals surface area contributed by atoms with Gasteiger partial charge in [-0.15, -0.1) is 0 Å². The number of amides is 2. The molecule has 0 aromatic heterocycles. The van der Waals surface area contributed by atoms with Crippen molar-refractivity contribution >= 4 is 11.8 Å². The molecular formula is C23H30N3O2+. The van der Waals surface area contributed by atoms with Gasteiger partial charge in [0.15, 0.2) is 6.54 Å². The summed E-state index contributed by atoms with van der Waals surface area (Å²) < 4.78 is 0. The Morgan fingerprint density at radius 1 is 0.964 bits per heavy atom. The molecule has 5 nitrogen and oxygen atoms in total. The van der Waals surface area contributed by atoms with Crippen molar-refractivity contribution in [2.45, 2.75) is 19.3 Å². The van der Waals surface area contributed by atoms with Crippen LogP contribution in [0, 0.1) is 0 Å². The Balaban J connectivity index is 1.66. The van der Waals surface area contributed by atoms with Crippen LogP contribution in [-0.4, -0.2) is 56.0 Å². The molecule has 0 atom stereocenters. The number of hydrogen-bond acceptors (Lipinski definition) is 2. The fourth-order valence-electron chi connectivity index (χ4n) is 3.73. The summed E-state index contributed by atoms with van der Waals surface area (Å²) in [6.07, 6.45) is 0.948. The molecule has 1 heterocycles. The third kappa shape index (κ3) is 5.20. The Bertz CT molecular complexity index is 716. The van der Waals surface area contributed by atoms with E-state index in [1.54, 1.807) is 0 Å². The van der Waals surface area contributed by atoms with E-state index in [0.717, 1.165) is 37.2 Å². The van der Waals surface area contributed by atoms with Crippen LogP contribution in [-0.2, 0) is 9.59 Å². The van der Waals surface area contributed by atoms with Gasteiger partial charge in [-0.2, -0.15) is 0 Å². The SMILES string of the molecule is CCCNC(=O)C[NH+]1CCN(C(=O)C(c2ccccc2)c2ccccc2)CC1. The second-order valence-corrected chi connectivity index (χ2v) is 7.36. The summed E-state index contributed by atoms with van der Waals surface area (Å²) in [6.45, 7) is 6.25. The topological polar surface area (TPSA) is 53.9 Å². The van der Waals surface area contributed by atoms with Crippen molar-refractivity contribution in [1.29, 1.82) is 0 Å². The molecule has 1 fully saturated rings. The van der Waals surface area contributed by atoms with Crippen molar-refractivity contribution in [1.82, 2.24) is 10.2 Å². The standard InChI is InChI=1S/C23H29N3O2/c1-2-13-24-21(27)18-25-14-16-26(17-15-25)23(28)22(19-9-5-3-6-10-19)20-11-7-4-8-12-20/h3-12,22H,2,13-18H2,1H3,(H,24,27)/p+1. The molecule has 0 bridgehead atoms. The Labute approximate surface area is 167 Å². The highest BCUT2D eigenvalue weighted by molar-refractivity contribution is 5.87. The zero-order valence-corrected chi connectivity index (χ0v) is 16.6. The Morgan fingerprint density at radius 3 is 2.00 bits per heavy atom. The van der Waals surface area contributed by atoms with Crippen LogP contribution in [0.2, 0.25) is 0 Å². The smallest absolute Gasteiger partial charge is 0.275 e. The van der Waals surface area contributed by atoms with Gasteiger partial charge in [-0.25, -0.2) is 0 Å². The van der Waals surface area contributed by atoms with Gasteiger partial charge in [0.05, 0.1) is 32.1 Å². The molecular weight excluding hydrogens is 350 g/mol. The Hall–Kier alpha value is -2.66. The van der Waals surface area contributed by atoms with Crippen LogP contribution in [0.4, 0.5) is 0 Å². The molecule has 3 rings (SSSR count). The number of nitrogens with zero attached hydrogens (tertiary/aromatic N) is 1. The van der Waals surface area contributed by atoms with Crippen LogP contribution >= 0.6 is 0 Å². The number of rotatable bonds is 7. The van der Waals surface area contributed by atoms with Crippen molar-refractivity contribution in [3.8, 4) is 0 Å². The largest absolute Gasteiger partial charge is 0.351 e. The average Bonchev–Trinajstić information content (AvgIpc) is 2.74. The van der Waals surface area contributed by atoms with Gasteiger partial charge in [-0.3, -0.25) is 9.59 Å². The first-order valence-corrected chi connectivity index (χ1v) is 10.2. The molecule has 2 aromatic carbocycles. The predicted octanol–water partition coefficient (Wildman–Crippen LogP) is 1.07. The third-order valence-corrected chi connectivity index (χ3v) is 5.28. The molecule has 0 radical (unpaired) electrons. The zero-order chi connectivity index (χ0) is 19.8. The number of piperazine rings is 1. The minimum absolute atomic E-state index is 0.100. The summed E-state index contributed by atoms with van der Waals surface area (Å²) in [7, 11) is 0. The summed E-state index contributed by atoms with van der Waals surface area (Å²) in [6, 6.07) is 20.0. The third-order valence-electron chi connectivity index (χ3n) is 5.28. The lowest BCUT2D eigenvalue weighted by Gasteiger charge is -2.34. The summed E-state index contributed by atoms with van der Waals surface area (Å²) >= 11 is 0. The summed E-state index contributed by atoms with van der Waals surface area (Å²) in [4.78, 5) is 28.6. The number of hydrogen-bond donors (Lipinski definition) is 2. The molecule has 0 saturated carbocycles. The van der Waals surface area contributed by atoms with Gasteiger partial charge < -0.3 is 15.1 Å². The summed E-state index contributed by atoms with van der Waals surface area (Å²) in [5, 5.41) is 2.93.